The van der Waals surface area contributed by atoms with Crippen LogP contribution in [0.3, 0.4) is 0 Å². The normalized spacial score (nSPS) is 18.9. The first-order chi connectivity index (χ1) is 6.62. The molecule has 0 radical (unpaired) electrons. The second-order valence-electron chi connectivity index (χ2n) is 3.42. The molecule has 1 aromatic rings. The minimum absolute atomic E-state index is 0.235. The summed E-state index contributed by atoms with van der Waals surface area (Å²) >= 11 is 0. The van der Waals surface area contributed by atoms with Gasteiger partial charge in [-0.15, -0.1) is 0 Å². The Labute approximate surface area is 78.9 Å². The van der Waals surface area contributed by atoms with E-state index in [0.29, 0.717) is 13.1 Å². The lowest BCUT2D eigenvalue weighted by Crippen LogP contribution is -2.64. The van der Waals surface area contributed by atoms with E-state index in [1.54, 1.807) is 0 Å². The van der Waals surface area contributed by atoms with Gasteiger partial charge in [0.15, 0.2) is 11.4 Å². The summed E-state index contributed by atoms with van der Waals surface area (Å²) in [5.41, 5.74) is -0.687. The van der Waals surface area contributed by atoms with Gasteiger partial charge in [-0.2, -0.15) is 5.10 Å². The smallest absolute Gasteiger partial charge is 0.231 e. The maximum Gasteiger partial charge on any atom is 0.231 e. The molecular formula is C7H9FN4O2. The van der Waals surface area contributed by atoms with E-state index in [1.165, 1.54) is 10.9 Å². The number of hydrogen-bond acceptors (Lipinski definition) is 4. The molecule has 6 nitrogen and oxygen atoms in total. The Kier molecular flexibility index (Phi) is 1.95. The van der Waals surface area contributed by atoms with Crippen LogP contribution in [-0.4, -0.2) is 34.3 Å². The summed E-state index contributed by atoms with van der Waals surface area (Å²) in [5.74, 6) is -0.473. The molecule has 0 aromatic carbocycles. The van der Waals surface area contributed by atoms with Crippen LogP contribution in [0.15, 0.2) is 12.4 Å². The highest BCUT2D eigenvalue weighted by Gasteiger charge is 2.44. The zero-order valence-electron chi connectivity index (χ0n) is 7.31. The van der Waals surface area contributed by atoms with Crippen molar-refractivity contribution in [2.45, 2.75) is 5.54 Å². The number of nitro groups is 1. The summed E-state index contributed by atoms with van der Waals surface area (Å²) < 4.78 is 14.0. The van der Waals surface area contributed by atoms with E-state index < -0.39 is 16.3 Å². The van der Waals surface area contributed by atoms with Crippen LogP contribution < -0.4 is 5.32 Å². The van der Waals surface area contributed by atoms with Crippen molar-refractivity contribution in [3.63, 3.8) is 0 Å². The Morgan fingerprint density at radius 3 is 2.86 bits per heavy atom. The van der Waals surface area contributed by atoms with Gasteiger partial charge in [-0.1, -0.05) is 0 Å². The summed E-state index contributed by atoms with van der Waals surface area (Å²) in [5, 5.41) is 17.1. The highest BCUT2D eigenvalue weighted by molar-refractivity contribution is 5.00. The predicted molar refractivity (Wildman–Crippen MR) is 44.9 cm³/mol. The molecule has 1 aliphatic rings. The third kappa shape index (κ3) is 1.35. The Morgan fingerprint density at radius 1 is 1.79 bits per heavy atom. The SMILES string of the molecule is O=[N+]([O-])CC1(n2cc(F)cn2)CNC1. The quantitative estimate of drug-likeness (QED) is 0.532. The Bertz CT molecular complexity index is 360. The molecule has 1 aromatic heterocycles. The highest BCUT2D eigenvalue weighted by Crippen LogP contribution is 2.21. The molecular weight excluding hydrogens is 191 g/mol. The fraction of sp³-hybridized carbons (Fsp3) is 0.571. The lowest BCUT2D eigenvalue weighted by molar-refractivity contribution is -0.497. The lowest BCUT2D eigenvalue weighted by Gasteiger charge is -2.38. The predicted octanol–water partition coefficient (Wildman–Crippen LogP) is -0.403. The number of halogens is 1. The standard InChI is InChI=1S/C7H9FN4O2/c8-6-1-10-11(2-6)7(3-9-4-7)5-12(13)14/h1-2,9H,3-5H2. The molecule has 0 saturated carbocycles. The van der Waals surface area contributed by atoms with Crippen LogP contribution in [-0.2, 0) is 5.54 Å². The second kappa shape index (κ2) is 3.02. The first kappa shape index (κ1) is 9.07. The van der Waals surface area contributed by atoms with Crippen LogP contribution in [0, 0.1) is 15.9 Å². The molecule has 0 bridgehead atoms. The van der Waals surface area contributed by atoms with E-state index in [0.717, 1.165) is 6.20 Å². The molecule has 1 fully saturated rings. The zero-order chi connectivity index (χ0) is 10.2. The first-order valence-electron chi connectivity index (χ1n) is 4.16. The first-order valence-corrected chi connectivity index (χ1v) is 4.16. The Balaban J connectivity index is 2.24. The molecule has 1 saturated heterocycles. The molecule has 0 unspecified atom stereocenters. The van der Waals surface area contributed by atoms with E-state index in [4.69, 9.17) is 0 Å². The average Bonchev–Trinajstić information content (AvgIpc) is 2.44. The third-order valence-electron chi connectivity index (χ3n) is 2.37. The molecule has 1 aliphatic heterocycles. The second-order valence-corrected chi connectivity index (χ2v) is 3.42. The van der Waals surface area contributed by atoms with Crippen molar-refractivity contribution < 1.29 is 9.31 Å². The summed E-state index contributed by atoms with van der Waals surface area (Å²) in [4.78, 5) is 10.0. The van der Waals surface area contributed by atoms with Gasteiger partial charge in [-0.3, -0.25) is 14.8 Å². The van der Waals surface area contributed by atoms with Crippen molar-refractivity contribution >= 4 is 0 Å². The number of nitrogens with one attached hydrogen (secondary N) is 1. The molecule has 0 spiro atoms. The van der Waals surface area contributed by atoms with Crippen molar-refractivity contribution in [2.24, 2.45) is 0 Å². The maximum atomic E-state index is 12.7. The van der Waals surface area contributed by atoms with Crippen LogP contribution in [0.1, 0.15) is 0 Å². The molecule has 7 heteroatoms. The average molecular weight is 200 g/mol. The maximum absolute atomic E-state index is 12.7. The van der Waals surface area contributed by atoms with Crippen LogP contribution in [0.5, 0.6) is 0 Å². The summed E-state index contributed by atoms with van der Waals surface area (Å²) in [7, 11) is 0. The number of rotatable bonds is 3. The Morgan fingerprint density at radius 2 is 2.50 bits per heavy atom. The molecule has 14 heavy (non-hydrogen) atoms. The number of nitrogens with zero attached hydrogens (tertiary/aromatic N) is 3. The van der Waals surface area contributed by atoms with Gasteiger partial charge < -0.3 is 5.32 Å². The van der Waals surface area contributed by atoms with Gasteiger partial charge in [0.1, 0.15) is 0 Å². The third-order valence-corrected chi connectivity index (χ3v) is 2.37. The highest BCUT2D eigenvalue weighted by atomic mass is 19.1. The van der Waals surface area contributed by atoms with Crippen molar-refractivity contribution in [3.8, 4) is 0 Å². The lowest BCUT2D eigenvalue weighted by atomic mass is 9.93. The molecule has 0 amide bonds. The van der Waals surface area contributed by atoms with Crippen LogP contribution >= 0.6 is 0 Å². The monoisotopic (exact) mass is 200 g/mol. The fourth-order valence-corrected chi connectivity index (χ4v) is 1.56. The van der Waals surface area contributed by atoms with Crippen LogP contribution in [0.25, 0.3) is 0 Å². The topological polar surface area (TPSA) is 73.0 Å². The molecule has 0 aliphatic carbocycles. The number of aromatic nitrogens is 2. The Hall–Kier alpha value is -1.50. The minimum Gasteiger partial charge on any atom is -0.311 e. The van der Waals surface area contributed by atoms with Crippen molar-refractivity contribution in [1.29, 1.82) is 0 Å². The summed E-state index contributed by atoms with van der Waals surface area (Å²) in [6.45, 7) is 0.672. The summed E-state index contributed by atoms with van der Waals surface area (Å²) in [6, 6.07) is 0. The molecule has 2 heterocycles. The number of hydrogen-bond donors (Lipinski definition) is 1. The van der Waals surface area contributed by atoms with Crippen LogP contribution in [0.4, 0.5) is 4.39 Å². The minimum atomic E-state index is -0.687. The van der Waals surface area contributed by atoms with E-state index in [2.05, 4.69) is 10.4 Å². The van der Waals surface area contributed by atoms with Gasteiger partial charge in [0.25, 0.3) is 0 Å². The van der Waals surface area contributed by atoms with Gasteiger partial charge in [0.2, 0.25) is 6.54 Å². The van der Waals surface area contributed by atoms with Gasteiger partial charge in [0, 0.05) is 18.0 Å². The van der Waals surface area contributed by atoms with Gasteiger partial charge in [-0.25, -0.2) is 4.39 Å². The van der Waals surface area contributed by atoms with Crippen LogP contribution in [0.2, 0.25) is 0 Å². The van der Waals surface area contributed by atoms with Gasteiger partial charge >= 0.3 is 0 Å². The largest absolute Gasteiger partial charge is 0.311 e. The molecule has 76 valence electrons. The van der Waals surface area contributed by atoms with Crippen molar-refractivity contribution in [1.82, 2.24) is 15.1 Å². The van der Waals surface area contributed by atoms with Gasteiger partial charge in [-0.05, 0) is 0 Å². The molecule has 0 atom stereocenters. The molecule has 1 N–H and O–H groups in total. The van der Waals surface area contributed by atoms with E-state index in [9.17, 15) is 14.5 Å². The van der Waals surface area contributed by atoms with E-state index >= 15 is 0 Å². The van der Waals surface area contributed by atoms with E-state index in [1.807, 2.05) is 0 Å². The van der Waals surface area contributed by atoms with Crippen molar-refractivity contribution in [3.05, 3.63) is 28.3 Å². The summed E-state index contributed by atoms with van der Waals surface area (Å²) in [6.07, 6.45) is 2.24. The zero-order valence-corrected chi connectivity index (χ0v) is 7.31. The van der Waals surface area contributed by atoms with Crippen molar-refractivity contribution in [2.75, 3.05) is 19.6 Å². The van der Waals surface area contributed by atoms with Gasteiger partial charge in [0.05, 0.1) is 12.4 Å². The fourth-order valence-electron chi connectivity index (χ4n) is 1.56. The van der Waals surface area contributed by atoms with E-state index in [-0.39, 0.29) is 6.54 Å². The molecule has 2 rings (SSSR count).